The summed E-state index contributed by atoms with van der Waals surface area (Å²) in [6.07, 6.45) is 0.562. The molecule has 0 radical (unpaired) electrons. The molecule has 29 heavy (non-hydrogen) atoms. The molecule has 1 aromatic carbocycles. The van der Waals surface area contributed by atoms with Crippen molar-refractivity contribution in [2.45, 2.75) is 46.1 Å². The molecule has 0 saturated carbocycles. The van der Waals surface area contributed by atoms with Crippen molar-refractivity contribution in [1.29, 1.82) is 0 Å². The Morgan fingerprint density at radius 2 is 1.79 bits per heavy atom. The Bertz CT molecular complexity index is 954. The summed E-state index contributed by atoms with van der Waals surface area (Å²) in [7, 11) is 1.33. The highest BCUT2D eigenvalue weighted by molar-refractivity contribution is 7.17. The second-order valence-electron chi connectivity index (χ2n) is 8.17. The molecular weight excluding hydrogens is 388 g/mol. The van der Waals surface area contributed by atoms with Crippen molar-refractivity contribution in [3.8, 4) is 0 Å². The first-order valence-electron chi connectivity index (χ1n) is 9.52. The predicted molar refractivity (Wildman–Crippen MR) is 114 cm³/mol. The normalized spacial score (nSPS) is 13.6. The Morgan fingerprint density at radius 1 is 1.14 bits per heavy atom. The lowest BCUT2D eigenvalue weighted by Crippen LogP contribution is -2.33. The van der Waals surface area contributed by atoms with Crippen LogP contribution in [0.25, 0.3) is 0 Å². The van der Waals surface area contributed by atoms with Crippen LogP contribution in [0.15, 0.2) is 24.3 Å². The van der Waals surface area contributed by atoms with Crippen LogP contribution in [-0.4, -0.2) is 36.3 Å². The van der Waals surface area contributed by atoms with E-state index in [1.54, 1.807) is 17.0 Å². The topological polar surface area (TPSA) is 75.7 Å². The zero-order chi connectivity index (χ0) is 21.3. The van der Waals surface area contributed by atoms with Gasteiger partial charge in [0.2, 0.25) is 5.91 Å². The molecule has 2 aromatic rings. The molecule has 0 bridgehead atoms. The van der Waals surface area contributed by atoms with E-state index in [2.05, 4.69) is 26.1 Å². The van der Waals surface area contributed by atoms with Gasteiger partial charge < -0.3 is 15.0 Å². The van der Waals surface area contributed by atoms with Gasteiger partial charge in [-0.1, -0.05) is 32.9 Å². The van der Waals surface area contributed by atoms with E-state index in [0.29, 0.717) is 35.6 Å². The van der Waals surface area contributed by atoms with Crippen LogP contribution in [0.2, 0.25) is 0 Å². The number of anilines is 1. The van der Waals surface area contributed by atoms with Crippen molar-refractivity contribution in [2.75, 3.05) is 19.0 Å². The second-order valence-corrected chi connectivity index (χ2v) is 9.28. The predicted octanol–water partition coefficient (Wildman–Crippen LogP) is 3.99. The van der Waals surface area contributed by atoms with Gasteiger partial charge in [0.15, 0.2) is 0 Å². The second kappa shape index (κ2) is 7.99. The molecule has 6 nitrogen and oxygen atoms in total. The molecule has 0 saturated heterocycles. The zero-order valence-electron chi connectivity index (χ0n) is 17.4. The molecule has 1 aliphatic heterocycles. The average Bonchev–Trinajstić information content (AvgIpc) is 3.03. The van der Waals surface area contributed by atoms with Gasteiger partial charge in [0.1, 0.15) is 5.00 Å². The van der Waals surface area contributed by atoms with Crippen LogP contribution in [0, 0.1) is 0 Å². The monoisotopic (exact) mass is 414 g/mol. The highest BCUT2D eigenvalue weighted by Gasteiger charge is 2.30. The van der Waals surface area contributed by atoms with Gasteiger partial charge in [-0.2, -0.15) is 0 Å². The number of hydrogen-bond acceptors (Lipinski definition) is 5. The van der Waals surface area contributed by atoms with Crippen LogP contribution in [0.4, 0.5) is 5.00 Å². The van der Waals surface area contributed by atoms with Crippen molar-refractivity contribution < 1.29 is 19.1 Å². The molecule has 0 unspecified atom stereocenters. The maximum absolute atomic E-state index is 12.8. The van der Waals surface area contributed by atoms with Crippen LogP contribution in [0.3, 0.4) is 0 Å². The number of fused-ring (bicyclic) bond motifs is 1. The highest BCUT2D eigenvalue weighted by atomic mass is 32.1. The fourth-order valence-electron chi connectivity index (χ4n) is 3.38. The Kier molecular flexibility index (Phi) is 5.80. The van der Waals surface area contributed by atoms with Crippen molar-refractivity contribution in [3.05, 3.63) is 51.4 Å². The summed E-state index contributed by atoms with van der Waals surface area (Å²) < 4.78 is 4.95. The van der Waals surface area contributed by atoms with Gasteiger partial charge in [0, 0.05) is 23.9 Å². The Morgan fingerprint density at radius 3 is 2.34 bits per heavy atom. The molecule has 0 spiro atoms. The minimum absolute atomic E-state index is 0.00243. The van der Waals surface area contributed by atoms with Crippen molar-refractivity contribution in [2.24, 2.45) is 0 Å². The Balaban J connectivity index is 1.89. The molecule has 1 aliphatic rings. The SMILES string of the molecule is COC(=O)c1c(NC(=O)c2ccc(C(C)(C)C)cc2)sc2c1CCN(C(C)=O)C2. The van der Waals surface area contributed by atoms with Crippen LogP contribution < -0.4 is 5.32 Å². The first kappa shape index (κ1) is 21.0. The fourth-order valence-corrected chi connectivity index (χ4v) is 4.62. The number of methoxy groups -OCH3 is 1. The standard InChI is InChI=1S/C22H26N2O4S/c1-13(25)24-11-10-16-17(12-24)29-20(18(16)21(27)28-5)23-19(26)14-6-8-15(9-7-14)22(2,3)4/h6-9H,10-12H2,1-5H3,(H,23,26). The maximum Gasteiger partial charge on any atom is 0.341 e. The molecular formula is C22H26N2O4S. The summed E-state index contributed by atoms with van der Waals surface area (Å²) in [5, 5.41) is 3.35. The highest BCUT2D eigenvalue weighted by Crippen LogP contribution is 2.38. The van der Waals surface area contributed by atoms with Gasteiger partial charge in [0.05, 0.1) is 19.2 Å². The van der Waals surface area contributed by atoms with Gasteiger partial charge in [-0.3, -0.25) is 9.59 Å². The lowest BCUT2D eigenvalue weighted by Gasteiger charge is -2.25. The third-order valence-electron chi connectivity index (χ3n) is 5.13. The van der Waals surface area contributed by atoms with Crippen molar-refractivity contribution in [1.82, 2.24) is 4.90 Å². The molecule has 2 amide bonds. The molecule has 1 aromatic heterocycles. The third kappa shape index (κ3) is 4.34. The van der Waals surface area contributed by atoms with Gasteiger partial charge in [-0.05, 0) is 35.1 Å². The van der Waals surface area contributed by atoms with E-state index >= 15 is 0 Å². The summed E-state index contributed by atoms with van der Waals surface area (Å²) in [4.78, 5) is 39.6. The number of benzene rings is 1. The summed E-state index contributed by atoms with van der Waals surface area (Å²) >= 11 is 1.33. The summed E-state index contributed by atoms with van der Waals surface area (Å²) in [6.45, 7) is 8.87. The van der Waals surface area contributed by atoms with Crippen LogP contribution in [0.5, 0.6) is 0 Å². The molecule has 3 rings (SSSR count). The Hall–Kier alpha value is -2.67. The van der Waals surface area contributed by atoms with Crippen molar-refractivity contribution in [3.63, 3.8) is 0 Å². The number of thiophene rings is 1. The largest absolute Gasteiger partial charge is 0.465 e. The number of carbonyl (C=O) groups excluding carboxylic acids is 3. The van der Waals surface area contributed by atoms with Crippen LogP contribution in [0.1, 0.15) is 64.4 Å². The number of carbonyl (C=O) groups is 3. The van der Waals surface area contributed by atoms with E-state index in [1.165, 1.54) is 25.4 Å². The first-order chi connectivity index (χ1) is 13.6. The summed E-state index contributed by atoms with van der Waals surface area (Å²) in [5.74, 6) is -0.761. The van der Waals surface area contributed by atoms with E-state index < -0.39 is 5.97 Å². The lowest BCUT2D eigenvalue weighted by atomic mass is 9.87. The molecule has 1 N–H and O–H groups in total. The van der Waals surface area contributed by atoms with Gasteiger partial charge in [-0.25, -0.2) is 4.79 Å². The average molecular weight is 415 g/mol. The number of amides is 2. The number of nitrogens with zero attached hydrogens (tertiary/aromatic N) is 1. The van der Waals surface area contributed by atoms with Crippen molar-refractivity contribution >= 4 is 34.1 Å². The summed E-state index contributed by atoms with van der Waals surface area (Å²) in [6, 6.07) is 7.47. The minimum Gasteiger partial charge on any atom is -0.465 e. The van der Waals surface area contributed by atoms with E-state index in [-0.39, 0.29) is 17.2 Å². The van der Waals surface area contributed by atoms with Gasteiger partial charge in [-0.15, -0.1) is 11.3 Å². The number of esters is 1. The molecule has 0 aliphatic carbocycles. The first-order valence-corrected chi connectivity index (χ1v) is 10.3. The quantitative estimate of drug-likeness (QED) is 0.771. The fraction of sp³-hybridized carbons (Fsp3) is 0.409. The smallest absolute Gasteiger partial charge is 0.341 e. The lowest BCUT2D eigenvalue weighted by molar-refractivity contribution is -0.129. The van der Waals surface area contributed by atoms with E-state index in [0.717, 1.165) is 16.0 Å². The van der Waals surface area contributed by atoms with E-state index in [9.17, 15) is 14.4 Å². The van der Waals surface area contributed by atoms with E-state index in [1.807, 2.05) is 12.1 Å². The minimum atomic E-state index is -0.475. The molecule has 2 heterocycles. The van der Waals surface area contributed by atoms with E-state index in [4.69, 9.17) is 4.74 Å². The summed E-state index contributed by atoms with van der Waals surface area (Å²) in [5.41, 5.74) is 2.92. The number of ether oxygens (including phenoxy) is 1. The van der Waals surface area contributed by atoms with Crippen LogP contribution >= 0.6 is 11.3 Å². The molecule has 0 atom stereocenters. The third-order valence-corrected chi connectivity index (χ3v) is 6.26. The van der Waals surface area contributed by atoms with Gasteiger partial charge in [0.25, 0.3) is 5.91 Å². The Labute approximate surface area is 174 Å². The zero-order valence-corrected chi connectivity index (χ0v) is 18.2. The number of rotatable bonds is 3. The molecule has 0 fully saturated rings. The molecule has 7 heteroatoms. The number of nitrogens with one attached hydrogen (secondary N) is 1. The van der Waals surface area contributed by atoms with Gasteiger partial charge >= 0.3 is 5.97 Å². The number of hydrogen-bond donors (Lipinski definition) is 1. The maximum atomic E-state index is 12.8. The molecule has 154 valence electrons. The van der Waals surface area contributed by atoms with Crippen LogP contribution in [-0.2, 0) is 27.9 Å².